The van der Waals surface area contributed by atoms with Gasteiger partial charge in [0, 0.05) is 18.0 Å². The summed E-state index contributed by atoms with van der Waals surface area (Å²) in [7, 11) is 0. The van der Waals surface area contributed by atoms with Crippen LogP contribution in [0, 0.1) is 0 Å². The van der Waals surface area contributed by atoms with E-state index in [9.17, 15) is 4.79 Å². The fourth-order valence-corrected chi connectivity index (χ4v) is 2.73. The first-order chi connectivity index (χ1) is 12.7. The van der Waals surface area contributed by atoms with E-state index in [0.29, 0.717) is 18.7 Å². The van der Waals surface area contributed by atoms with E-state index in [0.717, 1.165) is 16.9 Å². The summed E-state index contributed by atoms with van der Waals surface area (Å²) < 4.78 is 7.30. The molecule has 0 aliphatic carbocycles. The van der Waals surface area contributed by atoms with Crippen LogP contribution in [-0.4, -0.2) is 22.3 Å². The minimum Gasteiger partial charge on any atom is -0.494 e. The Hall–Kier alpha value is -3.08. The van der Waals surface area contributed by atoms with Crippen molar-refractivity contribution in [3.05, 3.63) is 83.7 Å². The SMILES string of the molecule is CCOc1ccc(C(C)NC(=O)c2ccc(Cn3cccn3)cc2)cc1. The highest BCUT2D eigenvalue weighted by molar-refractivity contribution is 5.94. The van der Waals surface area contributed by atoms with E-state index in [4.69, 9.17) is 4.74 Å². The van der Waals surface area contributed by atoms with Crippen LogP contribution in [0.25, 0.3) is 0 Å². The van der Waals surface area contributed by atoms with E-state index < -0.39 is 0 Å². The van der Waals surface area contributed by atoms with Gasteiger partial charge in [-0.05, 0) is 55.3 Å². The van der Waals surface area contributed by atoms with Crippen LogP contribution < -0.4 is 10.1 Å². The second kappa shape index (κ2) is 8.34. The Morgan fingerprint density at radius 3 is 2.50 bits per heavy atom. The van der Waals surface area contributed by atoms with Crippen molar-refractivity contribution >= 4 is 5.91 Å². The zero-order chi connectivity index (χ0) is 18.4. The van der Waals surface area contributed by atoms with Crippen molar-refractivity contribution in [1.29, 1.82) is 0 Å². The number of nitrogens with one attached hydrogen (secondary N) is 1. The molecule has 0 fully saturated rings. The first-order valence-corrected chi connectivity index (χ1v) is 8.75. The van der Waals surface area contributed by atoms with Crippen LogP contribution in [0.1, 0.15) is 41.4 Å². The number of amides is 1. The predicted molar refractivity (Wildman–Crippen MR) is 101 cm³/mol. The number of benzene rings is 2. The minimum atomic E-state index is -0.0861. The van der Waals surface area contributed by atoms with Crippen molar-refractivity contribution in [2.75, 3.05) is 6.61 Å². The molecule has 3 rings (SSSR count). The monoisotopic (exact) mass is 349 g/mol. The molecule has 0 saturated heterocycles. The summed E-state index contributed by atoms with van der Waals surface area (Å²) in [6.45, 7) is 5.26. The number of rotatable bonds is 7. The van der Waals surface area contributed by atoms with Gasteiger partial charge in [-0.15, -0.1) is 0 Å². The van der Waals surface area contributed by atoms with Crippen molar-refractivity contribution in [1.82, 2.24) is 15.1 Å². The van der Waals surface area contributed by atoms with Crippen LogP contribution in [0.15, 0.2) is 67.0 Å². The van der Waals surface area contributed by atoms with Gasteiger partial charge in [0.05, 0.1) is 19.2 Å². The van der Waals surface area contributed by atoms with E-state index in [1.54, 1.807) is 6.20 Å². The molecule has 3 aromatic rings. The quantitative estimate of drug-likeness (QED) is 0.705. The minimum absolute atomic E-state index is 0.0815. The van der Waals surface area contributed by atoms with Crippen LogP contribution in [-0.2, 0) is 6.54 Å². The summed E-state index contributed by atoms with van der Waals surface area (Å²) >= 11 is 0. The molecule has 2 aromatic carbocycles. The number of hydrogen-bond donors (Lipinski definition) is 1. The Balaban J connectivity index is 1.59. The molecule has 1 atom stereocenters. The Morgan fingerprint density at radius 2 is 1.88 bits per heavy atom. The van der Waals surface area contributed by atoms with Gasteiger partial charge >= 0.3 is 0 Å². The van der Waals surface area contributed by atoms with E-state index in [1.807, 2.05) is 79.3 Å². The van der Waals surface area contributed by atoms with Crippen molar-refractivity contribution in [2.24, 2.45) is 0 Å². The molecule has 1 aromatic heterocycles. The van der Waals surface area contributed by atoms with Crippen molar-refractivity contribution < 1.29 is 9.53 Å². The molecule has 5 heteroatoms. The van der Waals surface area contributed by atoms with Gasteiger partial charge in [0.25, 0.3) is 5.91 Å². The summed E-state index contributed by atoms with van der Waals surface area (Å²) in [4.78, 5) is 12.5. The highest BCUT2D eigenvalue weighted by Crippen LogP contribution is 2.18. The summed E-state index contributed by atoms with van der Waals surface area (Å²) in [6, 6.07) is 17.2. The number of hydrogen-bond acceptors (Lipinski definition) is 3. The van der Waals surface area contributed by atoms with Gasteiger partial charge in [0.2, 0.25) is 0 Å². The molecular formula is C21H23N3O2. The lowest BCUT2D eigenvalue weighted by atomic mass is 10.1. The van der Waals surface area contributed by atoms with Crippen molar-refractivity contribution in [2.45, 2.75) is 26.4 Å². The highest BCUT2D eigenvalue weighted by atomic mass is 16.5. The van der Waals surface area contributed by atoms with E-state index in [2.05, 4.69) is 10.4 Å². The van der Waals surface area contributed by atoms with Crippen LogP contribution in [0.4, 0.5) is 0 Å². The Kier molecular flexibility index (Phi) is 5.69. The highest BCUT2D eigenvalue weighted by Gasteiger charge is 2.11. The maximum atomic E-state index is 12.5. The molecular weight excluding hydrogens is 326 g/mol. The largest absolute Gasteiger partial charge is 0.494 e. The zero-order valence-electron chi connectivity index (χ0n) is 15.1. The fraction of sp³-hybridized carbons (Fsp3) is 0.238. The average molecular weight is 349 g/mol. The molecule has 26 heavy (non-hydrogen) atoms. The Labute approximate surface area is 153 Å². The maximum absolute atomic E-state index is 12.5. The lowest BCUT2D eigenvalue weighted by Crippen LogP contribution is -2.26. The van der Waals surface area contributed by atoms with Crippen molar-refractivity contribution in [3.8, 4) is 5.75 Å². The first-order valence-electron chi connectivity index (χ1n) is 8.75. The molecule has 1 unspecified atom stereocenters. The molecule has 0 bridgehead atoms. The summed E-state index contributed by atoms with van der Waals surface area (Å²) in [5.74, 6) is 0.750. The molecule has 0 aliphatic rings. The topological polar surface area (TPSA) is 56.1 Å². The number of carbonyl (C=O) groups excluding carboxylic acids is 1. The summed E-state index contributed by atoms with van der Waals surface area (Å²) in [6.07, 6.45) is 3.67. The van der Waals surface area contributed by atoms with Crippen LogP contribution in [0.5, 0.6) is 5.75 Å². The van der Waals surface area contributed by atoms with Crippen LogP contribution in [0.3, 0.4) is 0 Å². The van der Waals surface area contributed by atoms with Gasteiger partial charge in [0.15, 0.2) is 0 Å². The van der Waals surface area contributed by atoms with Gasteiger partial charge in [0.1, 0.15) is 5.75 Å². The molecule has 1 N–H and O–H groups in total. The maximum Gasteiger partial charge on any atom is 0.251 e. The van der Waals surface area contributed by atoms with Crippen molar-refractivity contribution in [3.63, 3.8) is 0 Å². The van der Waals surface area contributed by atoms with Gasteiger partial charge in [-0.1, -0.05) is 24.3 Å². The molecule has 0 spiro atoms. The van der Waals surface area contributed by atoms with Gasteiger partial charge in [-0.2, -0.15) is 5.10 Å². The van der Waals surface area contributed by atoms with E-state index >= 15 is 0 Å². The molecule has 0 saturated carbocycles. The zero-order valence-corrected chi connectivity index (χ0v) is 15.1. The molecule has 0 radical (unpaired) electrons. The second-order valence-corrected chi connectivity index (χ2v) is 6.10. The smallest absolute Gasteiger partial charge is 0.251 e. The van der Waals surface area contributed by atoms with E-state index in [1.165, 1.54) is 0 Å². The lowest BCUT2D eigenvalue weighted by molar-refractivity contribution is 0.0940. The standard InChI is InChI=1S/C21H23N3O2/c1-3-26-20-11-9-18(10-12-20)16(2)23-21(25)19-7-5-17(6-8-19)15-24-14-4-13-22-24/h4-14,16H,3,15H2,1-2H3,(H,23,25). The van der Waals surface area contributed by atoms with E-state index in [-0.39, 0.29) is 11.9 Å². The fourth-order valence-electron chi connectivity index (χ4n) is 2.73. The molecule has 1 amide bonds. The van der Waals surface area contributed by atoms with Crippen LogP contribution >= 0.6 is 0 Å². The number of nitrogens with zero attached hydrogens (tertiary/aromatic N) is 2. The van der Waals surface area contributed by atoms with Crippen LogP contribution in [0.2, 0.25) is 0 Å². The summed E-state index contributed by atoms with van der Waals surface area (Å²) in [5.41, 5.74) is 2.79. The number of aromatic nitrogens is 2. The number of carbonyl (C=O) groups is 1. The predicted octanol–water partition coefficient (Wildman–Crippen LogP) is 3.82. The third-order valence-corrected chi connectivity index (χ3v) is 4.16. The third-order valence-electron chi connectivity index (χ3n) is 4.16. The number of ether oxygens (including phenoxy) is 1. The second-order valence-electron chi connectivity index (χ2n) is 6.10. The normalized spacial score (nSPS) is 11.8. The Bertz CT molecular complexity index is 825. The molecule has 1 heterocycles. The lowest BCUT2D eigenvalue weighted by Gasteiger charge is -2.15. The average Bonchev–Trinajstić information content (AvgIpc) is 3.16. The first kappa shape index (κ1) is 17.7. The summed E-state index contributed by atoms with van der Waals surface area (Å²) in [5, 5.41) is 7.22. The third kappa shape index (κ3) is 4.51. The molecule has 5 nitrogen and oxygen atoms in total. The van der Waals surface area contributed by atoms with Gasteiger partial charge in [-0.25, -0.2) is 0 Å². The Morgan fingerprint density at radius 1 is 1.15 bits per heavy atom. The van der Waals surface area contributed by atoms with Gasteiger partial charge < -0.3 is 10.1 Å². The van der Waals surface area contributed by atoms with Gasteiger partial charge in [-0.3, -0.25) is 9.48 Å². The molecule has 0 aliphatic heterocycles. The molecule has 134 valence electrons.